The van der Waals surface area contributed by atoms with Crippen LogP contribution in [0, 0.1) is 0 Å². The third-order valence-electron chi connectivity index (χ3n) is 3.97. The lowest BCUT2D eigenvalue weighted by atomic mass is 10.1. The van der Waals surface area contributed by atoms with E-state index in [9.17, 15) is 18.3 Å². The molecule has 0 radical (unpaired) electrons. The molecule has 21 heavy (non-hydrogen) atoms. The van der Waals surface area contributed by atoms with Gasteiger partial charge in [-0.1, -0.05) is 6.07 Å². The third-order valence-corrected chi connectivity index (χ3v) is 5.85. The van der Waals surface area contributed by atoms with Gasteiger partial charge >= 0.3 is 16.2 Å². The minimum absolute atomic E-state index is 0.0628. The zero-order chi connectivity index (χ0) is 15.2. The van der Waals surface area contributed by atoms with E-state index in [1.54, 1.807) is 19.2 Å². The van der Waals surface area contributed by atoms with Crippen molar-refractivity contribution < 1.29 is 23.1 Å². The van der Waals surface area contributed by atoms with Crippen LogP contribution in [0.1, 0.15) is 15.9 Å². The molecule has 0 amide bonds. The number of hydrogen-bond donors (Lipinski definition) is 1. The van der Waals surface area contributed by atoms with Crippen molar-refractivity contribution in [3.63, 3.8) is 0 Å². The second kappa shape index (κ2) is 4.97. The summed E-state index contributed by atoms with van der Waals surface area (Å²) in [7, 11) is -2.05. The quantitative estimate of drug-likeness (QED) is 0.865. The first-order valence-electron chi connectivity index (χ1n) is 6.61. The predicted octanol–water partition coefficient (Wildman–Crippen LogP) is 0.323. The topological polar surface area (TPSA) is 87.2 Å². The summed E-state index contributed by atoms with van der Waals surface area (Å²) in [5.41, 5.74) is 1.22. The molecule has 0 bridgehead atoms. The van der Waals surface area contributed by atoms with Crippen molar-refractivity contribution in [2.45, 2.75) is 12.5 Å². The van der Waals surface area contributed by atoms with Gasteiger partial charge in [-0.15, -0.1) is 0 Å². The Balaban J connectivity index is 1.91. The fourth-order valence-corrected chi connectivity index (χ4v) is 4.45. The van der Waals surface area contributed by atoms with Crippen LogP contribution < -0.4 is 4.31 Å². The number of ether oxygens (including phenoxy) is 1. The molecule has 1 fully saturated rings. The third kappa shape index (κ3) is 2.19. The molecule has 0 atom stereocenters. The average molecular weight is 312 g/mol. The summed E-state index contributed by atoms with van der Waals surface area (Å²) in [6.07, 6.45) is 0.352. The number of methoxy groups -OCH3 is 1. The standard InChI is InChI=1S/C13H16N2O5S/c1-20-9-7-14(8-9)21(18,19)15-6-5-10-11(13(16)17)3-2-4-12(10)15/h2-4,9H,5-8H2,1H3,(H,16,17). The van der Waals surface area contributed by atoms with Crippen molar-refractivity contribution in [3.8, 4) is 0 Å². The van der Waals surface area contributed by atoms with Gasteiger partial charge in [0.25, 0.3) is 0 Å². The second-order valence-electron chi connectivity index (χ2n) is 5.11. The van der Waals surface area contributed by atoms with Gasteiger partial charge < -0.3 is 9.84 Å². The van der Waals surface area contributed by atoms with E-state index in [1.165, 1.54) is 14.7 Å². The first-order chi connectivity index (χ1) is 9.95. The Morgan fingerprint density at radius 2 is 2.10 bits per heavy atom. The van der Waals surface area contributed by atoms with Gasteiger partial charge in [0.2, 0.25) is 0 Å². The highest BCUT2D eigenvalue weighted by molar-refractivity contribution is 7.90. The van der Waals surface area contributed by atoms with Crippen LogP contribution in [0.3, 0.4) is 0 Å². The molecule has 2 aliphatic rings. The molecule has 1 aromatic carbocycles. The Hall–Kier alpha value is -1.64. The molecule has 3 rings (SSSR count). The van der Waals surface area contributed by atoms with Crippen LogP contribution in [0.25, 0.3) is 0 Å². The van der Waals surface area contributed by atoms with Crippen LogP contribution in [0.5, 0.6) is 0 Å². The maximum absolute atomic E-state index is 12.6. The summed E-state index contributed by atoms with van der Waals surface area (Å²) >= 11 is 0. The molecule has 0 aliphatic carbocycles. The van der Waals surface area contributed by atoms with Gasteiger partial charge in [-0.25, -0.2) is 4.79 Å². The van der Waals surface area contributed by atoms with Crippen molar-refractivity contribution in [1.82, 2.24) is 4.31 Å². The number of nitrogens with zero attached hydrogens (tertiary/aromatic N) is 2. The van der Waals surface area contributed by atoms with Crippen LogP contribution in [0.15, 0.2) is 18.2 Å². The molecule has 114 valence electrons. The minimum Gasteiger partial charge on any atom is -0.478 e. The van der Waals surface area contributed by atoms with Crippen LogP contribution in [0.4, 0.5) is 5.69 Å². The van der Waals surface area contributed by atoms with Gasteiger partial charge in [0, 0.05) is 26.7 Å². The largest absolute Gasteiger partial charge is 0.478 e. The Morgan fingerprint density at radius 1 is 1.38 bits per heavy atom. The van der Waals surface area contributed by atoms with E-state index in [4.69, 9.17) is 4.74 Å². The van der Waals surface area contributed by atoms with Gasteiger partial charge in [-0.2, -0.15) is 12.7 Å². The van der Waals surface area contributed by atoms with Crippen molar-refractivity contribution in [1.29, 1.82) is 0 Å². The molecule has 2 heterocycles. The predicted molar refractivity (Wildman–Crippen MR) is 75.7 cm³/mol. The normalized spacial score (nSPS) is 19.4. The van der Waals surface area contributed by atoms with E-state index in [0.717, 1.165) is 0 Å². The van der Waals surface area contributed by atoms with Crippen molar-refractivity contribution in [3.05, 3.63) is 29.3 Å². The molecule has 7 nitrogen and oxygen atoms in total. The fraction of sp³-hybridized carbons (Fsp3) is 0.462. The Bertz CT molecular complexity index is 682. The highest BCUT2D eigenvalue weighted by Gasteiger charge is 2.42. The van der Waals surface area contributed by atoms with E-state index >= 15 is 0 Å². The lowest BCUT2D eigenvalue weighted by Gasteiger charge is -2.39. The Kier molecular flexibility index (Phi) is 3.39. The van der Waals surface area contributed by atoms with Gasteiger partial charge in [0.05, 0.1) is 17.4 Å². The van der Waals surface area contributed by atoms with Crippen molar-refractivity contribution in [2.75, 3.05) is 31.0 Å². The van der Waals surface area contributed by atoms with E-state index in [0.29, 0.717) is 30.8 Å². The van der Waals surface area contributed by atoms with E-state index in [1.807, 2.05) is 0 Å². The summed E-state index contributed by atoms with van der Waals surface area (Å²) in [5.74, 6) is -1.03. The number of carboxylic acid groups (broad SMARTS) is 1. The number of carboxylic acids is 1. The van der Waals surface area contributed by atoms with Crippen LogP contribution in [0.2, 0.25) is 0 Å². The number of hydrogen-bond acceptors (Lipinski definition) is 4. The monoisotopic (exact) mass is 312 g/mol. The molecule has 0 unspecified atom stereocenters. The number of aromatic carboxylic acids is 1. The smallest absolute Gasteiger partial charge is 0.336 e. The molecule has 0 aromatic heterocycles. The van der Waals surface area contributed by atoms with Gasteiger partial charge in [0.1, 0.15) is 0 Å². The van der Waals surface area contributed by atoms with Gasteiger partial charge in [0.15, 0.2) is 0 Å². The van der Waals surface area contributed by atoms with E-state index in [-0.39, 0.29) is 18.2 Å². The average Bonchev–Trinajstić information content (AvgIpc) is 2.81. The summed E-state index contributed by atoms with van der Waals surface area (Å²) in [4.78, 5) is 11.2. The highest BCUT2D eigenvalue weighted by atomic mass is 32.2. The molecule has 2 aliphatic heterocycles. The van der Waals surface area contributed by atoms with Crippen LogP contribution in [-0.2, 0) is 21.4 Å². The van der Waals surface area contributed by atoms with Crippen molar-refractivity contribution >= 4 is 21.9 Å². The number of benzene rings is 1. The molecule has 0 saturated carbocycles. The van der Waals surface area contributed by atoms with Gasteiger partial charge in [-0.3, -0.25) is 4.31 Å². The molecule has 0 spiro atoms. The maximum Gasteiger partial charge on any atom is 0.336 e. The summed E-state index contributed by atoms with van der Waals surface area (Å²) in [5, 5.41) is 9.18. The minimum atomic E-state index is -3.61. The lowest BCUT2D eigenvalue weighted by molar-refractivity contribution is 0.0124. The zero-order valence-electron chi connectivity index (χ0n) is 11.5. The van der Waals surface area contributed by atoms with Gasteiger partial charge in [-0.05, 0) is 24.1 Å². The highest BCUT2D eigenvalue weighted by Crippen LogP contribution is 2.34. The Morgan fingerprint density at radius 3 is 2.71 bits per heavy atom. The van der Waals surface area contributed by atoms with E-state index < -0.39 is 16.2 Å². The summed E-state index contributed by atoms with van der Waals surface area (Å²) < 4.78 is 32.9. The molecule has 1 aromatic rings. The number of fused-ring (bicyclic) bond motifs is 1. The SMILES string of the molecule is COC1CN(S(=O)(=O)N2CCc3c(C(=O)O)cccc32)C1. The van der Waals surface area contributed by atoms with Crippen LogP contribution in [-0.4, -0.2) is 56.6 Å². The van der Waals surface area contributed by atoms with Crippen LogP contribution >= 0.6 is 0 Å². The molecular formula is C13H16N2O5S. The molecular weight excluding hydrogens is 296 g/mol. The maximum atomic E-state index is 12.6. The summed E-state index contributed by atoms with van der Waals surface area (Å²) in [6, 6.07) is 4.73. The molecule has 8 heteroatoms. The number of anilines is 1. The van der Waals surface area contributed by atoms with E-state index in [2.05, 4.69) is 0 Å². The summed E-state index contributed by atoms with van der Waals surface area (Å²) in [6.45, 7) is 0.947. The fourth-order valence-electron chi connectivity index (χ4n) is 2.72. The first-order valence-corrected chi connectivity index (χ1v) is 8.00. The first kappa shape index (κ1) is 14.3. The Labute approximate surface area is 122 Å². The zero-order valence-corrected chi connectivity index (χ0v) is 12.3. The second-order valence-corrected chi connectivity index (χ2v) is 6.97. The van der Waals surface area contributed by atoms with Crippen molar-refractivity contribution in [2.24, 2.45) is 0 Å². The number of carbonyl (C=O) groups is 1. The number of rotatable bonds is 4. The lowest BCUT2D eigenvalue weighted by Crippen LogP contribution is -2.58. The molecule has 1 saturated heterocycles. The molecule has 1 N–H and O–H groups in total.